The van der Waals surface area contributed by atoms with Gasteiger partial charge < -0.3 is 9.30 Å². The molecule has 3 heteroatoms. The number of pyridine rings is 1. The maximum absolute atomic E-state index is 12.8. The molecule has 0 aliphatic heterocycles. The van der Waals surface area contributed by atoms with Crippen LogP contribution in [0.5, 0.6) is 5.75 Å². The van der Waals surface area contributed by atoms with Gasteiger partial charge in [0.2, 0.25) is 0 Å². The Bertz CT molecular complexity index is 921. The van der Waals surface area contributed by atoms with Crippen LogP contribution in [-0.4, -0.2) is 10.7 Å². The molecule has 0 spiro atoms. The van der Waals surface area contributed by atoms with Gasteiger partial charge in [0.05, 0.1) is 12.6 Å². The fraction of sp³-hybridized carbons (Fsp3) is 0.318. The zero-order valence-electron chi connectivity index (χ0n) is 15.3. The van der Waals surface area contributed by atoms with E-state index in [1.807, 2.05) is 44.3 Å². The van der Waals surface area contributed by atoms with E-state index in [2.05, 4.69) is 38.1 Å². The normalized spacial score (nSPS) is 11.4. The van der Waals surface area contributed by atoms with Crippen molar-refractivity contribution in [2.45, 2.75) is 46.3 Å². The third kappa shape index (κ3) is 3.93. The van der Waals surface area contributed by atoms with Gasteiger partial charge in [-0.05, 0) is 60.5 Å². The van der Waals surface area contributed by atoms with Crippen LogP contribution in [-0.2, 0) is 6.54 Å². The summed E-state index contributed by atoms with van der Waals surface area (Å²) < 4.78 is 7.47. The zero-order chi connectivity index (χ0) is 18.0. The van der Waals surface area contributed by atoms with Crippen molar-refractivity contribution >= 4 is 10.8 Å². The number of fused-ring (bicyclic) bond motifs is 1. The Balaban J connectivity index is 1.89. The van der Waals surface area contributed by atoms with E-state index < -0.39 is 0 Å². The van der Waals surface area contributed by atoms with E-state index >= 15 is 0 Å². The van der Waals surface area contributed by atoms with Gasteiger partial charge in [0.25, 0.3) is 5.56 Å². The highest BCUT2D eigenvalue weighted by molar-refractivity contribution is 5.82. The lowest BCUT2D eigenvalue weighted by atomic mass is 10.0. The predicted molar refractivity (Wildman–Crippen MR) is 104 cm³/mol. The number of rotatable bonds is 5. The predicted octanol–water partition coefficient (Wildman–Crippen LogP) is 4.96. The van der Waals surface area contributed by atoms with Gasteiger partial charge in [-0.25, -0.2) is 0 Å². The summed E-state index contributed by atoms with van der Waals surface area (Å²) in [5.41, 5.74) is 2.47. The Hall–Kier alpha value is -2.55. The van der Waals surface area contributed by atoms with Gasteiger partial charge in [-0.2, -0.15) is 0 Å². The molecule has 2 aromatic carbocycles. The van der Waals surface area contributed by atoms with Gasteiger partial charge in [0.1, 0.15) is 5.75 Å². The molecule has 130 valence electrons. The van der Waals surface area contributed by atoms with E-state index in [4.69, 9.17) is 4.74 Å². The second-order valence-corrected chi connectivity index (χ2v) is 7.06. The van der Waals surface area contributed by atoms with Crippen molar-refractivity contribution in [1.82, 2.24) is 4.57 Å². The average molecular weight is 335 g/mol. The molecule has 3 nitrogen and oxygen atoms in total. The van der Waals surface area contributed by atoms with Gasteiger partial charge in [0.15, 0.2) is 0 Å². The molecule has 0 saturated carbocycles. The van der Waals surface area contributed by atoms with E-state index in [0.29, 0.717) is 12.5 Å². The fourth-order valence-corrected chi connectivity index (χ4v) is 2.94. The molecule has 1 aromatic heterocycles. The number of aromatic nitrogens is 1. The molecule has 0 N–H and O–H groups in total. The van der Waals surface area contributed by atoms with Crippen LogP contribution in [0.2, 0.25) is 0 Å². The molecule has 0 atom stereocenters. The molecule has 3 rings (SSSR count). The van der Waals surface area contributed by atoms with E-state index in [1.54, 1.807) is 4.57 Å². The van der Waals surface area contributed by atoms with Crippen molar-refractivity contribution in [3.05, 3.63) is 76.2 Å². The maximum Gasteiger partial charge on any atom is 0.258 e. The van der Waals surface area contributed by atoms with Crippen LogP contribution in [0.15, 0.2) is 59.5 Å². The van der Waals surface area contributed by atoms with Crippen LogP contribution in [0.25, 0.3) is 10.8 Å². The number of hydrogen-bond donors (Lipinski definition) is 0. The minimum absolute atomic E-state index is 0.0292. The molecule has 1 heterocycles. The van der Waals surface area contributed by atoms with E-state index in [9.17, 15) is 4.79 Å². The molecule has 0 bridgehead atoms. The molecule has 0 fully saturated rings. The van der Waals surface area contributed by atoms with Gasteiger partial charge >= 0.3 is 0 Å². The molecule has 0 saturated heterocycles. The zero-order valence-corrected chi connectivity index (χ0v) is 15.3. The van der Waals surface area contributed by atoms with Crippen LogP contribution in [0.4, 0.5) is 0 Å². The Kier molecular flexibility index (Phi) is 4.93. The summed E-state index contributed by atoms with van der Waals surface area (Å²) in [5.74, 6) is 1.31. The lowest BCUT2D eigenvalue weighted by molar-refractivity contribution is 0.243. The van der Waals surface area contributed by atoms with E-state index in [1.165, 1.54) is 5.56 Å². The summed E-state index contributed by atoms with van der Waals surface area (Å²) in [4.78, 5) is 12.8. The van der Waals surface area contributed by atoms with Crippen molar-refractivity contribution < 1.29 is 4.74 Å². The fourth-order valence-electron chi connectivity index (χ4n) is 2.94. The minimum atomic E-state index is 0.0292. The van der Waals surface area contributed by atoms with Gasteiger partial charge in [0, 0.05) is 11.6 Å². The van der Waals surface area contributed by atoms with Crippen LogP contribution >= 0.6 is 0 Å². The molecule has 0 unspecified atom stereocenters. The smallest absolute Gasteiger partial charge is 0.258 e. The van der Waals surface area contributed by atoms with Crippen LogP contribution in [0, 0.1) is 0 Å². The lowest BCUT2D eigenvalue weighted by Gasteiger charge is -2.12. The summed E-state index contributed by atoms with van der Waals surface area (Å²) in [5, 5.41) is 1.63. The highest BCUT2D eigenvalue weighted by atomic mass is 16.5. The van der Waals surface area contributed by atoms with Crippen molar-refractivity contribution in [2.75, 3.05) is 0 Å². The second-order valence-electron chi connectivity index (χ2n) is 7.06. The molecule has 0 radical (unpaired) electrons. The summed E-state index contributed by atoms with van der Waals surface area (Å²) in [7, 11) is 0. The van der Waals surface area contributed by atoms with Gasteiger partial charge in [-0.15, -0.1) is 0 Å². The van der Waals surface area contributed by atoms with Crippen molar-refractivity contribution in [1.29, 1.82) is 0 Å². The van der Waals surface area contributed by atoms with Gasteiger partial charge in [-0.1, -0.05) is 38.1 Å². The van der Waals surface area contributed by atoms with E-state index in [0.717, 1.165) is 22.1 Å². The Morgan fingerprint density at radius 1 is 0.960 bits per heavy atom. The van der Waals surface area contributed by atoms with Crippen molar-refractivity contribution in [2.24, 2.45) is 0 Å². The number of hydrogen-bond acceptors (Lipinski definition) is 2. The SMILES string of the molecule is CC(C)Oc1ccc2c(=O)n(Cc3ccc(C(C)C)cc3)ccc2c1. The number of ether oxygens (including phenoxy) is 1. The quantitative estimate of drug-likeness (QED) is 0.660. The summed E-state index contributed by atoms with van der Waals surface area (Å²) >= 11 is 0. The Morgan fingerprint density at radius 2 is 1.68 bits per heavy atom. The third-order valence-corrected chi connectivity index (χ3v) is 4.32. The van der Waals surface area contributed by atoms with Gasteiger partial charge in [-0.3, -0.25) is 4.79 Å². The average Bonchev–Trinajstić information content (AvgIpc) is 2.57. The monoisotopic (exact) mass is 335 g/mol. The van der Waals surface area contributed by atoms with Crippen molar-refractivity contribution in [3.8, 4) is 5.75 Å². The lowest BCUT2D eigenvalue weighted by Crippen LogP contribution is -2.20. The molecule has 0 amide bonds. The second kappa shape index (κ2) is 7.14. The molecule has 3 aromatic rings. The number of benzene rings is 2. The highest BCUT2D eigenvalue weighted by Crippen LogP contribution is 2.20. The summed E-state index contributed by atoms with van der Waals surface area (Å²) in [6.07, 6.45) is 1.98. The first kappa shape index (κ1) is 17.3. The number of nitrogens with zero attached hydrogens (tertiary/aromatic N) is 1. The Morgan fingerprint density at radius 3 is 2.32 bits per heavy atom. The van der Waals surface area contributed by atoms with E-state index in [-0.39, 0.29) is 11.7 Å². The standard InChI is InChI=1S/C22H25NO2/c1-15(2)18-7-5-17(6-8-18)14-23-12-11-19-13-20(25-16(3)4)9-10-21(19)22(23)24/h5-13,15-16H,14H2,1-4H3. The highest BCUT2D eigenvalue weighted by Gasteiger charge is 2.06. The van der Waals surface area contributed by atoms with Crippen LogP contribution in [0.3, 0.4) is 0 Å². The molecule has 25 heavy (non-hydrogen) atoms. The maximum atomic E-state index is 12.8. The summed E-state index contributed by atoms with van der Waals surface area (Å²) in [6.45, 7) is 8.93. The first-order valence-corrected chi connectivity index (χ1v) is 8.83. The Labute approximate surface area is 148 Å². The molecule has 0 aliphatic rings. The summed E-state index contributed by atoms with van der Waals surface area (Å²) in [6, 6.07) is 16.1. The molecular formula is C22H25NO2. The largest absolute Gasteiger partial charge is 0.491 e. The molecular weight excluding hydrogens is 310 g/mol. The minimum Gasteiger partial charge on any atom is -0.491 e. The van der Waals surface area contributed by atoms with Crippen LogP contribution in [0.1, 0.15) is 44.7 Å². The first-order valence-electron chi connectivity index (χ1n) is 8.83. The first-order chi connectivity index (χ1) is 11.9. The molecule has 0 aliphatic carbocycles. The van der Waals surface area contributed by atoms with Crippen LogP contribution < -0.4 is 10.3 Å². The van der Waals surface area contributed by atoms with Crippen molar-refractivity contribution in [3.63, 3.8) is 0 Å². The third-order valence-electron chi connectivity index (χ3n) is 4.32. The topological polar surface area (TPSA) is 31.2 Å².